The van der Waals surface area contributed by atoms with Crippen LogP contribution in [0.15, 0.2) is 54.3 Å². The van der Waals surface area contributed by atoms with Gasteiger partial charge in [0.15, 0.2) is 11.5 Å². The van der Waals surface area contributed by atoms with Gasteiger partial charge in [0.2, 0.25) is 18.3 Å². The normalized spacial score (nSPS) is 23.8. The van der Waals surface area contributed by atoms with Gasteiger partial charge in [-0.25, -0.2) is 14.4 Å². The molecular formula is C35H41NO13. The van der Waals surface area contributed by atoms with E-state index in [1.165, 1.54) is 43.5 Å². The van der Waals surface area contributed by atoms with Crippen LogP contribution in [0.2, 0.25) is 0 Å². The van der Waals surface area contributed by atoms with Crippen LogP contribution in [0.5, 0.6) is 11.5 Å². The number of hydrogen-bond donors (Lipinski definition) is 3. The molecule has 14 heteroatoms. The Balaban J connectivity index is 1.73. The number of carboxylic acids is 1. The van der Waals surface area contributed by atoms with Gasteiger partial charge in [-0.2, -0.15) is 0 Å². The molecule has 0 spiro atoms. The maximum Gasteiger partial charge on any atom is 0.357 e. The van der Waals surface area contributed by atoms with Gasteiger partial charge in [-0.3, -0.25) is 9.59 Å². The molecule has 2 aliphatic rings. The van der Waals surface area contributed by atoms with Crippen LogP contribution in [0.25, 0.3) is 0 Å². The number of aliphatic hydroxyl groups is 1. The van der Waals surface area contributed by atoms with Gasteiger partial charge in [0.05, 0.1) is 12.7 Å². The average Bonchev–Trinajstić information content (AvgIpc) is 3.05. The molecule has 0 unspecified atom stereocenters. The average molecular weight is 684 g/mol. The van der Waals surface area contributed by atoms with Gasteiger partial charge in [-0.05, 0) is 51.6 Å². The Hall–Kier alpha value is -4.95. The van der Waals surface area contributed by atoms with Crippen LogP contribution in [0, 0.1) is 6.92 Å². The van der Waals surface area contributed by atoms with Crippen molar-refractivity contribution >= 4 is 29.8 Å². The molecule has 1 aliphatic heterocycles. The van der Waals surface area contributed by atoms with Crippen LogP contribution < -0.4 is 4.74 Å². The molecular weight excluding hydrogens is 642 g/mol. The number of aliphatic carboxylic acids is 1. The lowest BCUT2D eigenvalue weighted by Gasteiger charge is -2.59. The minimum atomic E-state index is -2.24. The number of aryl methyl sites for hydroxylation is 1. The number of benzene rings is 2. The molecule has 1 heterocycles. The number of ether oxygens (including phenoxy) is 5. The van der Waals surface area contributed by atoms with Crippen LogP contribution in [-0.2, 0) is 48.3 Å². The van der Waals surface area contributed by atoms with Crippen molar-refractivity contribution in [2.24, 2.45) is 0 Å². The molecule has 2 aromatic carbocycles. The van der Waals surface area contributed by atoms with E-state index in [4.69, 9.17) is 23.7 Å². The third kappa shape index (κ3) is 7.25. The van der Waals surface area contributed by atoms with Crippen LogP contribution in [0.3, 0.4) is 0 Å². The topological polar surface area (TPSA) is 195 Å². The Kier molecular flexibility index (Phi) is 11.0. The van der Waals surface area contributed by atoms with Crippen molar-refractivity contribution in [1.29, 1.82) is 0 Å². The van der Waals surface area contributed by atoms with Crippen molar-refractivity contribution in [2.75, 3.05) is 20.7 Å². The number of likely N-dealkylation sites (N-methyl/N-ethyl adjacent to an activating group) is 1. The molecule has 14 nitrogen and oxygen atoms in total. The molecule has 2 aromatic rings. The maximum absolute atomic E-state index is 13.8. The first-order valence-electron chi connectivity index (χ1n) is 15.6. The lowest BCUT2D eigenvalue weighted by atomic mass is 9.54. The molecule has 0 amide bonds. The summed E-state index contributed by atoms with van der Waals surface area (Å²) in [6.07, 6.45) is -4.53. The van der Waals surface area contributed by atoms with E-state index in [0.29, 0.717) is 24.1 Å². The van der Waals surface area contributed by atoms with E-state index in [2.05, 4.69) is 0 Å². The van der Waals surface area contributed by atoms with Gasteiger partial charge in [-0.15, -0.1) is 0 Å². The number of methoxy groups -OCH3 is 1. The number of likely N-dealkylation sites (tertiary alicyclic amines) is 1. The van der Waals surface area contributed by atoms with E-state index in [-0.39, 0.29) is 35.7 Å². The molecule has 1 saturated heterocycles. The number of phenolic OH excluding ortho intramolecular Hbond substituents is 1. The second-order valence-electron chi connectivity index (χ2n) is 12.3. The van der Waals surface area contributed by atoms with Gasteiger partial charge in [0.1, 0.15) is 5.76 Å². The van der Waals surface area contributed by atoms with Gasteiger partial charge < -0.3 is 43.9 Å². The number of phenols is 1. The standard InChI is InChI=1S/C35H41NO13/c1-19-12-13-25(39)28(45-6)26(19)34-16-17-36(5)20(2)35(34,44)15-14-24(18-34)48-32(42)29(46-21(3)37)30(47-22(4)38)33(43)49-27(31(40)41)23-10-8-7-9-11-23/h7-14,20,27,29-30,39,44H,15-18H2,1-6H3,(H,40,41)/t20-,27+,29-,30-,34-,35-/m1/s1. The Morgan fingerprint density at radius 3 is 2.12 bits per heavy atom. The summed E-state index contributed by atoms with van der Waals surface area (Å²) in [5.74, 6) is -6.42. The third-order valence-corrected chi connectivity index (χ3v) is 9.33. The van der Waals surface area contributed by atoms with E-state index in [1.54, 1.807) is 12.1 Å². The van der Waals surface area contributed by atoms with E-state index in [9.17, 15) is 39.3 Å². The Morgan fingerprint density at radius 2 is 1.55 bits per heavy atom. The lowest BCUT2D eigenvalue weighted by Crippen LogP contribution is -2.68. The summed E-state index contributed by atoms with van der Waals surface area (Å²) in [4.78, 5) is 65.5. The molecule has 49 heavy (non-hydrogen) atoms. The second-order valence-corrected chi connectivity index (χ2v) is 12.3. The number of fused-ring (bicyclic) bond motifs is 1. The van der Waals surface area contributed by atoms with Crippen LogP contribution in [-0.4, -0.2) is 94.6 Å². The number of rotatable bonds is 11. The van der Waals surface area contributed by atoms with E-state index < -0.39 is 65.2 Å². The fraction of sp³-hybridized carbons (Fsp3) is 0.457. The Bertz CT molecular complexity index is 1640. The van der Waals surface area contributed by atoms with E-state index in [1.807, 2.05) is 25.8 Å². The number of piperidine rings is 1. The van der Waals surface area contributed by atoms with Crippen molar-refractivity contribution in [1.82, 2.24) is 4.90 Å². The van der Waals surface area contributed by atoms with Gasteiger partial charge in [0.25, 0.3) is 0 Å². The molecule has 3 N–H and O–H groups in total. The van der Waals surface area contributed by atoms with Crippen molar-refractivity contribution in [3.05, 3.63) is 71.0 Å². The minimum absolute atomic E-state index is 0.00954. The third-order valence-electron chi connectivity index (χ3n) is 9.33. The SMILES string of the molecule is COc1c(O)ccc(C)c1[C@]12CCN(C)[C@H](C)[C@]1(O)CC=C(OC(=O)[C@H](OC(C)=O)[C@@H](OC(C)=O)C(=O)O[C@H](C(=O)O)c1ccccc1)C2. The molecule has 1 aliphatic carbocycles. The van der Waals surface area contributed by atoms with Crippen molar-refractivity contribution in [3.63, 3.8) is 0 Å². The zero-order valence-corrected chi connectivity index (χ0v) is 28.1. The Labute approximate surface area is 283 Å². The zero-order chi connectivity index (χ0) is 36.3. The first-order valence-corrected chi connectivity index (χ1v) is 15.6. The molecule has 0 radical (unpaired) electrons. The highest BCUT2D eigenvalue weighted by molar-refractivity contribution is 5.90. The number of hydrogen-bond acceptors (Lipinski definition) is 13. The van der Waals surface area contributed by atoms with Gasteiger partial charge >= 0.3 is 29.8 Å². The van der Waals surface area contributed by atoms with Gasteiger partial charge in [0, 0.05) is 49.3 Å². The summed E-state index contributed by atoms with van der Waals surface area (Å²) < 4.78 is 26.8. The predicted molar refractivity (Wildman–Crippen MR) is 170 cm³/mol. The maximum atomic E-state index is 13.8. The summed E-state index contributed by atoms with van der Waals surface area (Å²) >= 11 is 0. The summed E-state index contributed by atoms with van der Waals surface area (Å²) in [5, 5.41) is 33.0. The molecule has 1 fully saturated rings. The van der Waals surface area contributed by atoms with Crippen LogP contribution in [0.1, 0.15) is 62.8 Å². The number of carbonyl (C=O) groups excluding carboxylic acids is 4. The lowest BCUT2D eigenvalue weighted by molar-refractivity contribution is -0.194. The Morgan fingerprint density at radius 1 is 0.939 bits per heavy atom. The molecule has 4 rings (SSSR count). The quantitative estimate of drug-likeness (QED) is 0.231. The number of aromatic hydroxyl groups is 1. The molecule has 0 bridgehead atoms. The molecule has 0 aromatic heterocycles. The highest BCUT2D eigenvalue weighted by Gasteiger charge is 2.61. The highest BCUT2D eigenvalue weighted by atomic mass is 16.6. The summed E-state index contributed by atoms with van der Waals surface area (Å²) in [6.45, 7) is 6.08. The minimum Gasteiger partial charge on any atom is -0.504 e. The van der Waals surface area contributed by atoms with Crippen LogP contribution >= 0.6 is 0 Å². The number of allylic oxidation sites excluding steroid dienone is 1. The largest absolute Gasteiger partial charge is 0.504 e. The zero-order valence-electron chi connectivity index (χ0n) is 28.1. The summed E-state index contributed by atoms with van der Waals surface area (Å²) in [5.41, 5.74) is -1.29. The van der Waals surface area contributed by atoms with Crippen molar-refractivity contribution in [2.45, 2.75) is 82.3 Å². The van der Waals surface area contributed by atoms with Crippen molar-refractivity contribution in [3.8, 4) is 11.5 Å². The summed E-state index contributed by atoms with van der Waals surface area (Å²) in [7, 11) is 3.28. The number of esters is 4. The predicted octanol–water partition coefficient (Wildman–Crippen LogP) is 2.86. The monoisotopic (exact) mass is 683 g/mol. The first-order chi connectivity index (χ1) is 23.1. The molecule has 264 valence electrons. The molecule has 0 saturated carbocycles. The highest BCUT2D eigenvalue weighted by Crippen LogP contribution is 2.57. The number of carbonyl (C=O) groups is 5. The molecule has 6 atom stereocenters. The summed E-state index contributed by atoms with van der Waals surface area (Å²) in [6, 6.07) is 10.2. The van der Waals surface area contributed by atoms with E-state index >= 15 is 0 Å². The van der Waals surface area contributed by atoms with E-state index in [0.717, 1.165) is 13.8 Å². The fourth-order valence-corrected chi connectivity index (χ4v) is 6.85. The second kappa shape index (κ2) is 14.7. The number of nitrogens with zero attached hydrogens (tertiary/aromatic N) is 1. The number of carboxylic acid groups (broad SMARTS) is 1. The smallest absolute Gasteiger partial charge is 0.357 e. The van der Waals surface area contributed by atoms with Crippen molar-refractivity contribution < 1.29 is 63.0 Å². The van der Waals surface area contributed by atoms with Gasteiger partial charge in [-0.1, -0.05) is 36.4 Å². The van der Waals surface area contributed by atoms with Crippen LogP contribution in [0.4, 0.5) is 0 Å². The fourth-order valence-electron chi connectivity index (χ4n) is 6.85. The first kappa shape index (κ1) is 36.9.